The molecule has 0 saturated heterocycles. The number of nitrogens with one attached hydrogen (secondary N) is 4. The first kappa shape index (κ1) is 27.4. The maximum atomic E-state index is 13.0. The van der Waals surface area contributed by atoms with E-state index in [9.17, 15) is 24.3 Å². The van der Waals surface area contributed by atoms with Crippen molar-refractivity contribution in [3.8, 4) is 0 Å². The Bertz CT molecular complexity index is 759. The van der Waals surface area contributed by atoms with Gasteiger partial charge in [0, 0.05) is 18.3 Å². The molecule has 1 rings (SSSR count). The third kappa shape index (κ3) is 8.85. The minimum atomic E-state index is -1.22. The van der Waals surface area contributed by atoms with Crippen molar-refractivity contribution < 1.29 is 29.4 Å². The van der Waals surface area contributed by atoms with Crippen molar-refractivity contribution in [1.82, 2.24) is 25.9 Å². The zero-order valence-electron chi connectivity index (χ0n) is 18.3. The molecule has 1 aromatic heterocycles. The van der Waals surface area contributed by atoms with Crippen LogP contribution in [0.5, 0.6) is 0 Å². The van der Waals surface area contributed by atoms with Crippen LogP contribution in [0.1, 0.15) is 26.0 Å². The monoisotopic (exact) mass is 472 g/mol. The molecule has 1 aromatic rings. The molecule has 1 heterocycles. The van der Waals surface area contributed by atoms with E-state index >= 15 is 0 Å². The van der Waals surface area contributed by atoms with Crippen LogP contribution >= 0.6 is 11.8 Å². The van der Waals surface area contributed by atoms with E-state index in [2.05, 4.69) is 25.9 Å². The highest BCUT2D eigenvalue weighted by molar-refractivity contribution is 7.98. The van der Waals surface area contributed by atoms with Crippen LogP contribution in [0, 0.1) is 5.92 Å². The smallest absolute Gasteiger partial charge is 0.326 e. The van der Waals surface area contributed by atoms with Crippen molar-refractivity contribution in [3.63, 3.8) is 0 Å². The lowest BCUT2D eigenvalue weighted by Gasteiger charge is -2.25. The van der Waals surface area contributed by atoms with Crippen molar-refractivity contribution in [2.75, 3.05) is 18.6 Å². The fourth-order valence-corrected chi connectivity index (χ4v) is 3.20. The van der Waals surface area contributed by atoms with Crippen LogP contribution < -0.4 is 21.7 Å². The summed E-state index contributed by atoms with van der Waals surface area (Å²) in [5.41, 5.74) is 6.08. The number of carboxylic acid groups (broad SMARTS) is 1. The lowest BCUT2D eigenvalue weighted by molar-refractivity contribution is -0.143. The van der Waals surface area contributed by atoms with Crippen molar-refractivity contribution in [2.45, 2.75) is 50.9 Å². The molecule has 0 fully saturated rings. The lowest BCUT2D eigenvalue weighted by atomic mass is 10.0. The molecule has 3 amide bonds. The van der Waals surface area contributed by atoms with Gasteiger partial charge in [0.15, 0.2) is 0 Å². The Morgan fingerprint density at radius 3 is 2.25 bits per heavy atom. The second-order valence-corrected chi connectivity index (χ2v) is 8.53. The van der Waals surface area contributed by atoms with Gasteiger partial charge in [-0.25, -0.2) is 9.78 Å². The second kappa shape index (κ2) is 13.7. The molecule has 0 aliphatic heterocycles. The molecule has 0 radical (unpaired) electrons. The largest absolute Gasteiger partial charge is 0.480 e. The zero-order valence-corrected chi connectivity index (χ0v) is 19.1. The van der Waals surface area contributed by atoms with Gasteiger partial charge in [-0.3, -0.25) is 14.4 Å². The maximum absolute atomic E-state index is 13.0. The number of aromatic amines is 1. The molecule has 0 bridgehead atoms. The Hall–Kier alpha value is -2.64. The van der Waals surface area contributed by atoms with Gasteiger partial charge in [-0.05, 0) is 24.3 Å². The minimum Gasteiger partial charge on any atom is -0.480 e. The van der Waals surface area contributed by atoms with Crippen molar-refractivity contribution in [2.24, 2.45) is 11.7 Å². The standard InChI is InChI=1S/C19H32N6O6S/c1-10(2)15(19(30)31)25-17(28)13(4-5-32-3)23-18(29)14(6-11-7-21-9-22-11)24-16(27)12(20)8-26/h7,9-10,12-15,26H,4-6,8,20H2,1-3H3,(H,21,22)(H,23,29)(H,24,27)(H,25,28)(H,30,31). The number of imidazole rings is 1. The number of H-pyrrole nitrogens is 1. The van der Waals surface area contributed by atoms with E-state index in [1.54, 1.807) is 13.8 Å². The van der Waals surface area contributed by atoms with E-state index in [1.165, 1.54) is 24.3 Å². The van der Waals surface area contributed by atoms with Gasteiger partial charge >= 0.3 is 5.97 Å². The SMILES string of the molecule is CSCCC(NC(=O)C(Cc1cnc[nH]1)NC(=O)C(N)CO)C(=O)NC(C(=O)O)C(C)C. The number of aliphatic carboxylic acids is 1. The number of carbonyl (C=O) groups excluding carboxylic acids is 3. The highest BCUT2D eigenvalue weighted by Crippen LogP contribution is 2.07. The number of amides is 3. The van der Waals surface area contributed by atoms with Gasteiger partial charge in [0.1, 0.15) is 24.2 Å². The number of rotatable bonds is 14. The average molecular weight is 473 g/mol. The van der Waals surface area contributed by atoms with E-state index in [1.807, 2.05) is 6.26 Å². The third-order valence-corrected chi connectivity index (χ3v) is 5.26. The number of aliphatic hydroxyl groups excluding tert-OH is 1. The summed E-state index contributed by atoms with van der Waals surface area (Å²) in [4.78, 5) is 56.0. The lowest BCUT2D eigenvalue weighted by Crippen LogP contribution is -2.58. The highest BCUT2D eigenvalue weighted by atomic mass is 32.2. The van der Waals surface area contributed by atoms with E-state index in [0.717, 1.165) is 0 Å². The van der Waals surface area contributed by atoms with Crippen LogP contribution in [0.2, 0.25) is 0 Å². The van der Waals surface area contributed by atoms with Crippen LogP contribution in [-0.2, 0) is 25.6 Å². The summed E-state index contributed by atoms with van der Waals surface area (Å²) in [7, 11) is 0. The number of carboxylic acids is 1. The van der Waals surface area contributed by atoms with Gasteiger partial charge in [-0.1, -0.05) is 13.8 Å². The highest BCUT2D eigenvalue weighted by Gasteiger charge is 2.31. The third-order valence-electron chi connectivity index (χ3n) is 4.62. The van der Waals surface area contributed by atoms with Gasteiger partial charge in [-0.2, -0.15) is 11.8 Å². The number of aliphatic hydroxyl groups is 1. The summed E-state index contributed by atoms with van der Waals surface area (Å²) in [6, 6.07) is -4.45. The van der Waals surface area contributed by atoms with Gasteiger partial charge in [0.25, 0.3) is 0 Å². The fraction of sp³-hybridized carbons (Fsp3) is 0.632. The fourth-order valence-electron chi connectivity index (χ4n) is 2.73. The minimum absolute atomic E-state index is 0.0380. The molecular formula is C19H32N6O6S. The number of carbonyl (C=O) groups is 4. The van der Waals surface area contributed by atoms with Gasteiger partial charge < -0.3 is 36.9 Å². The van der Waals surface area contributed by atoms with E-state index in [0.29, 0.717) is 11.4 Å². The topological polar surface area (TPSA) is 200 Å². The molecule has 13 heteroatoms. The first-order valence-electron chi connectivity index (χ1n) is 10.1. The zero-order chi connectivity index (χ0) is 24.3. The molecule has 12 nitrogen and oxygen atoms in total. The number of hydrogen-bond acceptors (Lipinski definition) is 8. The van der Waals surface area contributed by atoms with Crippen LogP contribution in [-0.4, -0.2) is 86.7 Å². The Kier molecular flexibility index (Phi) is 11.7. The van der Waals surface area contributed by atoms with Gasteiger partial charge in [-0.15, -0.1) is 0 Å². The Labute approximate surface area is 190 Å². The number of thioether (sulfide) groups is 1. The van der Waals surface area contributed by atoms with Crippen LogP contribution in [0.25, 0.3) is 0 Å². The first-order chi connectivity index (χ1) is 15.1. The number of nitrogens with two attached hydrogens (primary N) is 1. The Balaban J connectivity index is 3.00. The van der Waals surface area contributed by atoms with Crippen LogP contribution in [0.3, 0.4) is 0 Å². The van der Waals surface area contributed by atoms with Crippen molar-refractivity contribution in [3.05, 3.63) is 18.2 Å². The molecule has 0 spiro atoms. The van der Waals surface area contributed by atoms with Gasteiger partial charge in [0.2, 0.25) is 17.7 Å². The van der Waals surface area contributed by atoms with E-state index < -0.39 is 54.5 Å². The Morgan fingerprint density at radius 1 is 1.12 bits per heavy atom. The predicted octanol–water partition coefficient (Wildman–Crippen LogP) is -1.78. The number of aromatic nitrogens is 2. The normalized spacial score (nSPS) is 14.8. The number of nitrogens with zero attached hydrogens (tertiary/aromatic N) is 1. The molecule has 4 unspecified atom stereocenters. The summed E-state index contributed by atoms with van der Waals surface area (Å²) in [6.45, 7) is 2.72. The van der Waals surface area contributed by atoms with Crippen LogP contribution in [0.4, 0.5) is 0 Å². The first-order valence-corrected chi connectivity index (χ1v) is 11.5. The molecule has 0 saturated carbocycles. The molecule has 0 aliphatic rings. The molecular weight excluding hydrogens is 440 g/mol. The average Bonchev–Trinajstić information content (AvgIpc) is 3.25. The summed E-state index contributed by atoms with van der Waals surface area (Å²) in [5.74, 6) is -3.03. The molecule has 4 atom stereocenters. The van der Waals surface area contributed by atoms with Crippen molar-refractivity contribution >= 4 is 35.5 Å². The summed E-state index contributed by atoms with van der Waals surface area (Å²) in [5, 5.41) is 26.0. The van der Waals surface area contributed by atoms with Gasteiger partial charge in [0.05, 0.1) is 12.9 Å². The van der Waals surface area contributed by atoms with Crippen LogP contribution in [0.15, 0.2) is 12.5 Å². The molecule has 180 valence electrons. The van der Waals surface area contributed by atoms with E-state index in [4.69, 9.17) is 10.8 Å². The summed E-state index contributed by atoms with van der Waals surface area (Å²) in [6.07, 6.45) is 5.03. The summed E-state index contributed by atoms with van der Waals surface area (Å²) >= 11 is 1.46. The summed E-state index contributed by atoms with van der Waals surface area (Å²) < 4.78 is 0. The molecule has 0 aromatic carbocycles. The van der Waals surface area contributed by atoms with E-state index in [-0.39, 0.29) is 18.8 Å². The molecule has 8 N–H and O–H groups in total. The Morgan fingerprint density at radius 2 is 1.75 bits per heavy atom. The second-order valence-electron chi connectivity index (χ2n) is 7.54. The quantitative estimate of drug-likeness (QED) is 0.163. The van der Waals surface area contributed by atoms with Crippen molar-refractivity contribution in [1.29, 1.82) is 0 Å². The molecule has 32 heavy (non-hydrogen) atoms. The maximum Gasteiger partial charge on any atom is 0.326 e. The molecule has 0 aliphatic carbocycles. The number of hydrogen-bond donors (Lipinski definition) is 7. The predicted molar refractivity (Wildman–Crippen MR) is 119 cm³/mol.